The first-order valence-electron chi connectivity index (χ1n) is 9.43. The highest BCUT2D eigenvalue weighted by Crippen LogP contribution is 2.37. The molecule has 1 unspecified atom stereocenters. The summed E-state index contributed by atoms with van der Waals surface area (Å²) in [6.45, 7) is 6.42. The fourth-order valence-electron chi connectivity index (χ4n) is 3.30. The summed E-state index contributed by atoms with van der Waals surface area (Å²) < 4.78 is 11.4. The van der Waals surface area contributed by atoms with E-state index < -0.39 is 5.60 Å². The van der Waals surface area contributed by atoms with Crippen molar-refractivity contribution in [2.24, 2.45) is 4.99 Å². The van der Waals surface area contributed by atoms with Gasteiger partial charge in [-0.15, -0.1) is 0 Å². The Bertz CT molecular complexity index is 955. The van der Waals surface area contributed by atoms with Crippen LogP contribution in [0.4, 0.5) is 9.59 Å². The van der Waals surface area contributed by atoms with Crippen LogP contribution in [0.3, 0.4) is 0 Å². The van der Waals surface area contributed by atoms with E-state index in [9.17, 15) is 9.59 Å². The lowest BCUT2D eigenvalue weighted by atomic mass is 9.92. The first-order valence-corrected chi connectivity index (χ1v) is 9.80. The molecule has 1 fully saturated rings. The molecule has 3 aliphatic rings. The van der Waals surface area contributed by atoms with Crippen molar-refractivity contribution in [2.75, 3.05) is 13.1 Å². The average molecular weight is 416 g/mol. The van der Waals surface area contributed by atoms with Gasteiger partial charge in [-0.25, -0.2) is 9.59 Å². The van der Waals surface area contributed by atoms with Gasteiger partial charge in [-0.3, -0.25) is 0 Å². The van der Waals surface area contributed by atoms with E-state index in [2.05, 4.69) is 10.3 Å². The fraction of sp³-hybridized carbons (Fsp3) is 0.381. The van der Waals surface area contributed by atoms with Crippen LogP contribution in [0.15, 0.2) is 47.1 Å². The standard InChI is InChI=1S/C21H22ClN3O4/c1-21(2,3)29-20(27)25-10-13(11-25)28-17-6-4-5-14(18(17)22)12-7-8-15-16(9-12)24-19(26)23-15/h4-9,12-13H,10-11H2,1-3H3,(H,24,26). The Labute approximate surface area is 174 Å². The van der Waals surface area contributed by atoms with Crippen molar-refractivity contribution < 1.29 is 19.1 Å². The Hall–Kier alpha value is -2.80. The molecule has 1 aromatic carbocycles. The molecule has 0 saturated carbocycles. The molecule has 2 aliphatic heterocycles. The highest BCUT2D eigenvalue weighted by molar-refractivity contribution is 6.33. The van der Waals surface area contributed by atoms with Gasteiger partial charge in [0.25, 0.3) is 0 Å². The predicted octanol–water partition coefficient (Wildman–Crippen LogP) is 4.04. The average Bonchev–Trinajstić information content (AvgIpc) is 2.96. The Morgan fingerprint density at radius 2 is 2.07 bits per heavy atom. The van der Waals surface area contributed by atoms with Crippen molar-refractivity contribution in [3.05, 3.63) is 52.7 Å². The van der Waals surface area contributed by atoms with Gasteiger partial charge in [0.1, 0.15) is 17.5 Å². The minimum absolute atomic E-state index is 0.0990. The molecule has 0 bridgehead atoms. The van der Waals surface area contributed by atoms with E-state index in [0.29, 0.717) is 35.3 Å². The Kier molecular flexibility index (Phi) is 4.86. The lowest BCUT2D eigenvalue weighted by Crippen LogP contribution is -2.57. The first kappa shape index (κ1) is 19.5. The molecule has 1 aliphatic carbocycles. The number of urea groups is 1. The zero-order chi connectivity index (χ0) is 20.8. The van der Waals surface area contributed by atoms with Crippen molar-refractivity contribution in [3.63, 3.8) is 0 Å². The van der Waals surface area contributed by atoms with E-state index in [1.807, 2.05) is 57.2 Å². The monoisotopic (exact) mass is 415 g/mol. The number of aliphatic imine (C=N–C) groups is 1. The molecule has 1 aromatic rings. The van der Waals surface area contributed by atoms with Gasteiger partial charge in [-0.05, 0) is 44.6 Å². The zero-order valence-electron chi connectivity index (χ0n) is 16.4. The van der Waals surface area contributed by atoms with Gasteiger partial charge in [0.2, 0.25) is 0 Å². The maximum absolute atomic E-state index is 12.0. The second-order valence-electron chi connectivity index (χ2n) is 8.18. The molecule has 3 amide bonds. The molecule has 0 spiro atoms. The Balaban J connectivity index is 1.41. The van der Waals surface area contributed by atoms with Crippen LogP contribution in [0.25, 0.3) is 0 Å². The van der Waals surface area contributed by atoms with Crippen LogP contribution in [-0.2, 0) is 4.74 Å². The Morgan fingerprint density at radius 3 is 2.79 bits per heavy atom. The summed E-state index contributed by atoms with van der Waals surface area (Å²) in [5, 5.41) is 3.23. The molecule has 1 saturated heterocycles. The van der Waals surface area contributed by atoms with Gasteiger partial charge in [0.05, 0.1) is 29.5 Å². The second-order valence-corrected chi connectivity index (χ2v) is 8.55. The van der Waals surface area contributed by atoms with Crippen LogP contribution in [0, 0.1) is 0 Å². The summed E-state index contributed by atoms with van der Waals surface area (Å²) in [4.78, 5) is 29.0. The molecule has 4 rings (SSSR count). The molecule has 7 nitrogen and oxygen atoms in total. The number of fused-ring (bicyclic) bond motifs is 1. The lowest BCUT2D eigenvalue weighted by Gasteiger charge is -2.39. The number of carbonyl (C=O) groups is 2. The van der Waals surface area contributed by atoms with E-state index in [1.54, 1.807) is 4.90 Å². The molecule has 0 radical (unpaired) electrons. The van der Waals surface area contributed by atoms with Gasteiger partial charge in [-0.1, -0.05) is 29.8 Å². The van der Waals surface area contributed by atoms with Crippen molar-refractivity contribution in [1.29, 1.82) is 0 Å². The van der Waals surface area contributed by atoms with Crippen molar-refractivity contribution in [3.8, 4) is 5.75 Å². The molecular weight excluding hydrogens is 394 g/mol. The minimum Gasteiger partial charge on any atom is -0.485 e. The van der Waals surface area contributed by atoms with Crippen LogP contribution < -0.4 is 10.1 Å². The third kappa shape index (κ3) is 4.15. The SMILES string of the molecule is CC(C)(C)OC(=O)N1CC(Oc2cccc(C3C=CC4=NC(=O)NC4=C3)c2Cl)C1. The number of halogens is 1. The number of rotatable bonds is 3. The number of nitrogens with zero attached hydrogens (tertiary/aromatic N) is 2. The van der Waals surface area contributed by atoms with Gasteiger partial charge in [0, 0.05) is 5.92 Å². The number of benzene rings is 1. The van der Waals surface area contributed by atoms with Crippen LogP contribution in [-0.4, -0.2) is 47.5 Å². The van der Waals surface area contributed by atoms with E-state index in [4.69, 9.17) is 21.1 Å². The quantitative estimate of drug-likeness (QED) is 0.807. The molecule has 2 heterocycles. The Morgan fingerprint density at radius 1 is 1.31 bits per heavy atom. The number of ether oxygens (including phenoxy) is 2. The van der Waals surface area contributed by atoms with Gasteiger partial charge in [0.15, 0.2) is 0 Å². The normalized spacial score (nSPS) is 21.0. The van der Waals surface area contributed by atoms with Gasteiger partial charge in [-0.2, -0.15) is 4.99 Å². The largest absolute Gasteiger partial charge is 0.485 e. The molecule has 8 heteroatoms. The van der Waals surface area contributed by atoms with Gasteiger partial charge >= 0.3 is 12.1 Å². The van der Waals surface area contributed by atoms with Crippen molar-refractivity contribution in [1.82, 2.24) is 10.2 Å². The third-order valence-electron chi connectivity index (χ3n) is 4.69. The second kappa shape index (κ2) is 7.22. The third-order valence-corrected chi connectivity index (χ3v) is 5.10. The molecule has 152 valence electrons. The van der Waals surface area contributed by atoms with Crippen LogP contribution in [0.1, 0.15) is 32.3 Å². The maximum Gasteiger partial charge on any atom is 0.410 e. The molecule has 1 N–H and O–H groups in total. The number of allylic oxidation sites excluding steroid dienone is 3. The van der Waals surface area contributed by atoms with E-state index >= 15 is 0 Å². The van der Waals surface area contributed by atoms with E-state index in [1.165, 1.54) is 0 Å². The number of nitrogens with one attached hydrogen (secondary N) is 1. The summed E-state index contributed by atoms with van der Waals surface area (Å²) >= 11 is 6.61. The van der Waals surface area contributed by atoms with Crippen molar-refractivity contribution in [2.45, 2.75) is 38.4 Å². The van der Waals surface area contributed by atoms with Crippen LogP contribution >= 0.6 is 11.6 Å². The number of hydrogen-bond donors (Lipinski definition) is 1. The van der Waals surface area contributed by atoms with Gasteiger partial charge < -0.3 is 19.7 Å². The van der Waals surface area contributed by atoms with E-state index in [-0.39, 0.29) is 24.1 Å². The first-order chi connectivity index (χ1) is 13.7. The minimum atomic E-state index is -0.522. The smallest absolute Gasteiger partial charge is 0.410 e. The molecule has 29 heavy (non-hydrogen) atoms. The maximum atomic E-state index is 12.0. The number of carbonyl (C=O) groups excluding carboxylic acids is 2. The van der Waals surface area contributed by atoms with Crippen molar-refractivity contribution >= 4 is 29.4 Å². The summed E-state index contributed by atoms with van der Waals surface area (Å²) in [7, 11) is 0. The highest BCUT2D eigenvalue weighted by atomic mass is 35.5. The topological polar surface area (TPSA) is 80.2 Å². The zero-order valence-corrected chi connectivity index (χ0v) is 17.2. The van der Waals surface area contributed by atoms with E-state index in [0.717, 1.165) is 5.56 Å². The summed E-state index contributed by atoms with van der Waals surface area (Å²) in [5.41, 5.74) is 1.67. The van der Waals surface area contributed by atoms with Crippen LogP contribution in [0.2, 0.25) is 5.02 Å². The summed E-state index contributed by atoms with van der Waals surface area (Å²) in [6.07, 6.45) is 5.20. The molecule has 1 atom stereocenters. The van der Waals surface area contributed by atoms with Crippen LogP contribution in [0.5, 0.6) is 5.75 Å². The predicted molar refractivity (Wildman–Crippen MR) is 110 cm³/mol. The summed E-state index contributed by atoms with van der Waals surface area (Å²) in [5.74, 6) is 0.470. The lowest BCUT2D eigenvalue weighted by molar-refractivity contribution is -0.0221. The fourth-order valence-corrected chi connectivity index (χ4v) is 3.59. The summed E-state index contributed by atoms with van der Waals surface area (Å²) in [6, 6.07) is 5.25. The number of likely N-dealkylation sites (tertiary alicyclic amines) is 1. The highest BCUT2D eigenvalue weighted by Gasteiger charge is 2.35. The molecule has 0 aromatic heterocycles. The molecular formula is C21H22ClN3O4. The number of amides is 3. The number of hydrogen-bond acceptors (Lipinski definition) is 4.